The Morgan fingerprint density at radius 2 is 1.27 bits per heavy atom. The summed E-state index contributed by atoms with van der Waals surface area (Å²) in [6, 6.07) is 20.9. The average Bonchev–Trinajstić information content (AvgIpc) is 4.06. The lowest BCUT2D eigenvalue weighted by molar-refractivity contribution is 0.0915. The maximum absolute atomic E-state index is 12.2. The zero-order valence-electron chi connectivity index (χ0n) is 29.2. The Hall–Kier alpha value is -5.22. The van der Waals surface area contributed by atoms with Crippen molar-refractivity contribution >= 4 is 92.8 Å². The van der Waals surface area contributed by atoms with Gasteiger partial charge in [0.15, 0.2) is 5.69 Å². The fourth-order valence-corrected chi connectivity index (χ4v) is 7.15. The molecule has 2 aromatic carbocycles. The van der Waals surface area contributed by atoms with Gasteiger partial charge in [-0.05, 0) is 60.7 Å². The van der Waals surface area contributed by atoms with Gasteiger partial charge in [0.25, 0.3) is 11.8 Å². The highest BCUT2D eigenvalue weighted by Gasteiger charge is 2.34. The molecule has 7 rings (SSSR count). The molecule has 0 bridgehead atoms. The summed E-state index contributed by atoms with van der Waals surface area (Å²) in [5, 5.41) is 8.73. The van der Waals surface area contributed by atoms with E-state index in [1.54, 1.807) is 53.4 Å². The second-order valence-corrected chi connectivity index (χ2v) is 15.2. The number of hydrogen-bond donors (Lipinski definition) is 5. The van der Waals surface area contributed by atoms with Crippen molar-refractivity contribution in [3.05, 3.63) is 108 Å². The molecule has 2 aromatic heterocycles. The summed E-state index contributed by atoms with van der Waals surface area (Å²) in [5.41, 5.74) is 12.7. The van der Waals surface area contributed by atoms with Crippen LogP contribution >= 0.6 is 45.9 Å². The lowest BCUT2D eigenvalue weighted by Crippen LogP contribution is -2.34. The summed E-state index contributed by atoms with van der Waals surface area (Å²) in [6.45, 7) is 10.9. The zero-order chi connectivity index (χ0) is 39.3. The van der Waals surface area contributed by atoms with Crippen LogP contribution in [0.15, 0.2) is 77.8 Å². The maximum Gasteiger partial charge on any atom is 0.414 e. The second kappa shape index (κ2) is 19.9. The summed E-state index contributed by atoms with van der Waals surface area (Å²) in [7, 11) is 0. The summed E-state index contributed by atoms with van der Waals surface area (Å²) in [5.74, 6) is 0.401. The first kappa shape index (κ1) is 41.0. The molecule has 2 saturated heterocycles. The van der Waals surface area contributed by atoms with Gasteiger partial charge < -0.3 is 36.9 Å². The summed E-state index contributed by atoms with van der Waals surface area (Å²) >= 11 is 14.0. The topological polar surface area (TPSA) is 198 Å². The number of ether oxygens (including phenoxy) is 2. The molecule has 3 aliphatic heterocycles. The van der Waals surface area contributed by atoms with Crippen molar-refractivity contribution in [2.45, 2.75) is 12.2 Å². The van der Waals surface area contributed by atoms with Crippen LogP contribution in [0, 0.1) is 6.57 Å². The van der Waals surface area contributed by atoms with Crippen molar-refractivity contribution in [1.82, 2.24) is 16.0 Å². The number of halogens is 2. The molecule has 4 amide bonds. The minimum Gasteiger partial charge on any atom is -0.442 e. The zero-order valence-corrected chi connectivity index (χ0v) is 32.4. The van der Waals surface area contributed by atoms with Crippen LogP contribution in [-0.2, 0) is 9.47 Å². The Bertz CT molecular complexity index is 2030. The molecule has 19 heteroatoms. The maximum atomic E-state index is 12.2. The van der Waals surface area contributed by atoms with Gasteiger partial charge in [-0.1, -0.05) is 35.3 Å². The van der Waals surface area contributed by atoms with Gasteiger partial charge >= 0.3 is 12.2 Å². The molecule has 0 spiro atoms. The number of amides is 4. The first-order valence-electron chi connectivity index (χ1n) is 16.9. The molecule has 0 aliphatic carbocycles. The fraction of sp³-hybridized carbons (Fsp3) is 0.278. The van der Waals surface area contributed by atoms with Gasteiger partial charge in [0.1, 0.15) is 18.0 Å². The standard InChI is InChI=1S/C18H17ClN4O3S.C16H12ClN3O3S.C2H8N2/c19-15-6-5-14(27-15)17(24)22-9-13-10-23(18(25)26-13)12-3-1-11(2-4-12)16-20-7-8-21-16;1-18-10-2-4-11(5-3-10)20-9-12(23-16(20)22)8-19-15(21)13-6-7-14(17)24-13;3-1-2-4/h1-6,13H,7-10H2,(H,20,21)(H,22,24);2-7,12H,8-9H2,(H,19,21);1-4H2/t13-;12-;/m00./s1. The molecule has 0 radical (unpaired) electrons. The third-order valence-corrected chi connectivity index (χ3v) is 10.4. The van der Waals surface area contributed by atoms with E-state index in [1.165, 1.54) is 27.6 Å². The minimum absolute atomic E-state index is 0.219. The van der Waals surface area contributed by atoms with E-state index in [1.807, 2.05) is 24.3 Å². The lowest BCUT2D eigenvalue weighted by atomic mass is 10.1. The number of thiophene rings is 2. The highest BCUT2D eigenvalue weighted by Crippen LogP contribution is 2.26. The van der Waals surface area contributed by atoms with E-state index < -0.39 is 24.4 Å². The number of nitrogens with one attached hydrogen (secondary N) is 3. The highest BCUT2D eigenvalue weighted by molar-refractivity contribution is 7.18. The molecule has 0 saturated carbocycles. The Kier molecular flexibility index (Phi) is 14.8. The molecular weight excluding hydrogens is 789 g/mol. The predicted molar refractivity (Wildman–Crippen MR) is 215 cm³/mol. The third kappa shape index (κ3) is 11.4. The molecule has 7 N–H and O–H groups in total. The number of benzene rings is 2. The average molecular weight is 827 g/mol. The molecule has 288 valence electrons. The van der Waals surface area contributed by atoms with Crippen molar-refractivity contribution in [3.8, 4) is 0 Å². The number of hydrogen-bond acceptors (Lipinski definition) is 12. The quantitative estimate of drug-likeness (QED) is 0.135. The van der Waals surface area contributed by atoms with Crippen LogP contribution < -0.4 is 37.2 Å². The van der Waals surface area contributed by atoms with Gasteiger partial charge in [0.05, 0.1) is 57.7 Å². The fourth-order valence-electron chi connectivity index (χ4n) is 5.23. The van der Waals surface area contributed by atoms with Gasteiger partial charge in [-0.25, -0.2) is 14.4 Å². The number of nitrogens with two attached hydrogens (primary N) is 2. The summed E-state index contributed by atoms with van der Waals surface area (Å²) in [6.07, 6.45) is -1.73. The van der Waals surface area contributed by atoms with E-state index in [0.29, 0.717) is 56.0 Å². The molecule has 3 aliphatic rings. The number of carbonyl (C=O) groups excluding carboxylic acids is 4. The number of amidine groups is 1. The smallest absolute Gasteiger partial charge is 0.414 e. The largest absolute Gasteiger partial charge is 0.442 e. The Labute approximate surface area is 335 Å². The monoisotopic (exact) mass is 825 g/mol. The predicted octanol–water partition coefficient (Wildman–Crippen LogP) is 5.12. The van der Waals surface area contributed by atoms with Crippen LogP contribution in [0.25, 0.3) is 4.85 Å². The molecule has 5 heterocycles. The third-order valence-electron chi connectivity index (χ3n) is 7.91. The molecular formula is C36H37Cl2N9O6S2. The van der Waals surface area contributed by atoms with Crippen molar-refractivity contribution in [3.63, 3.8) is 0 Å². The normalized spacial score (nSPS) is 17.0. The van der Waals surface area contributed by atoms with Crippen molar-refractivity contribution in [1.29, 1.82) is 0 Å². The van der Waals surface area contributed by atoms with Crippen LogP contribution in [0.3, 0.4) is 0 Å². The first-order chi connectivity index (χ1) is 26.6. The molecule has 0 unspecified atom stereocenters. The van der Waals surface area contributed by atoms with E-state index in [2.05, 4.69) is 25.8 Å². The summed E-state index contributed by atoms with van der Waals surface area (Å²) < 4.78 is 11.7. The van der Waals surface area contributed by atoms with Crippen molar-refractivity contribution < 1.29 is 28.7 Å². The highest BCUT2D eigenvalue weighted by atomic mass is 35.5. The van der Waals surface area contributed by atoms with Crippen LogP contribution in [0.5, 0.6) is 0 Å². The minimum atomic E-state index is -0.469. The van der Waals surface area contributed by atoms with Gasteiger partial charge in [-0.2, -0.15) is 0 Å². The first-order valence-corrected chi connectivity index (χ1v) is 19.3. The van der Waals surface area contributed by atoms with Crippen LogP contribution in [0.4, 0.5) is 26.7 Å². The Morgan fingerprint density at radius 3 is 1.65 bits per heavy atom. The number of anilines is 2. The van der Waals surface area contributed by atoms with Gasteiger partial charge in [0.2, 0.25) is 0 Å². The SMILES string of the molecule is NCCN.O=C(NC[C@H]1CN(c2ccc(C3=NCCN3)cc2)C(=O)O1)c1ccc(Cl)s1.[C-]#[N+]c1ccc(N2C[C@H](CNC(=O)c3ccc(Cl)s3)OC2=O)cc1. The Morgan fingerprint density at radius 1 is 0.800 bits per heavy atom. The van der Waals surface area contributed by atoms with E-state index in [0.717, 1.165) is 30.2 Å². The number of rotatable bonds is 10. The number of nitrogens with zero attached hydrogens (tertiary/aromatic N) is 4. The van der Waals surface area contributed by atoms with Gasteiger partial charge in [0, 0.05) is 36.6 Å². The van der Waals surface area contributed by atoms with E-state index in [4.69, 9.17) is 50.7 Å². The number of cyclic esters (lactones) is 2. The summed E-state index contributed by atoms with van der Waals surface area (Å²) in [4.78, 5) is 60.0. The number of carbonyl (C=O) groups is 4. The van der Waals surface area contributed by atoms with Crippen molar-refractivity contribution in [2.75, 3.05) is 62.2 Å². The van der Waals surface area contributed by atoms with E-state index in [9.17, 15) is 19.2 Å². The molecule has 4 aromatic rings. The molecule has 55 heavy (non-hydrogen) atoms. The van der Waals surface area contributed by atoms with Crippen LogP contribution in [0.1, 0.15) is 24.9 Å². The van der Waals surface area contributed by atoms with Crippen LogP contribution in [0.2, 0.25) is 8.67 Å². The van der Waals surface area contributed by atoms with Gasteiger partial charge in [-0.3, -0.25) is 24.4 Å². The second-order valence-electron chi connectivity index (χ2n) is 11.8. The van der Waals surface area contributed by atoms with Gasteiger partial charge in [-0.15, -0.1) is 22.7 Å². The van der Waals surface area contributed by atoms with Crippen molar-refractivity contribution in [2.24, 2.45) is 16.5 Å². The van der Waals surface area contributed by atoms with E-state index >= 15 is 0 Å². The van der Waals surface area contributed by atoms with Crippen LogP contribution in [-0.4, -0.2) is 94.4 Å². The molecule has 2 fully saturated rings. The van der Waals surface area contributed by atoms with E-state index in [-0.39, 0.29) is 24.9 Å². The lowest BCUT2D eigenvalue weighted by Gasteiger charge is -2.14. The number of aliphatic imine (C=N–C) groups is 1. The Balaban J connectivity index is 0.000000194. The molecule has 15 nitrogen and oxygen atoms in total. The molecule has 2 atom stereocenters.